The van der Waals surface area contributed by atoms with Crippen molar-refractivity contribution in [1.82, 2.24) is 5.32 Å². The van der Waals surface area contributed by atoms with Crippen LogP contribution in [-0.4, -0.2) is 19.1 Å². The Hall–Kier alpha value is -1.02. The van der Waals surface area contributed by atoms with Gasteiger partial charge in [0.05, 0.1) is 0 Å². The van der Waals surface area contributed by atoms with Gasteiger partial charge in [0, 0.05) is 31.4 Å². The van der Waals surface area contributed by atoms with Gasteiger partial charge in [-0.1, -0.05) is 39.0 Å². The monoisotopic (exact) mass is 286 g/mol. The van der Waals surface area contributed by atoms with Gasteiger partial charge in [0.1, 0.15) is 0 Å². The van der Waals surface area contributed by atoms with E-state index in [2.05, 4.69) is 55.3 Å². The highest BCUT2D eigenvalue weighted by molar-refractivity contribution is 5.54. The molecule has 0 unspecified atom stereocenters. The molecule has 21 heavy (non-hydrogen) atoms. The first-order valence-electron chi connectivity index (χ1n) is 8.60. The highest BCUT2D eigenvalue weighted by atomic mass is 15.1. The van der Waals surface area contributed by atoms with Crippen molar-refractivity contribution in [3.8, 4) is 0 Å². The van der Waals surface area contributed by atoms with Crippen molar-refractivity contribution in [2.24, 2.45) is 11.3 Å². The fourth-order valence-corrected chi connectivity index (χ4v) is 3.50. The lowest BCUT2D eigenvalue weighted by Gasteiger charge is -2.40. The van der Waals surface area contributed by atoms with Gasteiger partial charge < -0.3 is 10.2 Å². The lowest BCUT2D eigenvalue weighted by atomic mass is 9.75. The van der Waals surface area contributed by atoms with E-state index in [-0.39, 0.29) is 0 Å². The normalized spacial score (nSPS) is 20.8. The summed E-state index contributed by atoms with van der Waals surface area (Å²) in [5.74, 6) is 0.866. The molecule has 3 rings (SSSR count). The number of benzene rings is 1. The van der Waals surface area contributed by atoms with Crippen LogP contribution in [0, 0.1) is 11.3 Å². The number of hydrogen-bond acceptors (Lipinski definition) is 2. The molecular formula is C19H30N2. The second kappa shape index (κ2) is 6.00. The van der Waals surface area contributed by atoms with Crippen molar-refractivity contribution < 1.29 is 0 Å². The first kappa shape index (κ1) is 14.9. The van der Waals surface area contributed by atoms with E-state index < -0.39 is 0 Å². The molecule has 1 aliphatic carbocycles. The molecule has 1 N–H and O–H groups in total. The van der Waals surface area contributed by atoms with Crippen molar-refractivity contribution in [3.05, 3.63) is 29.8 Å². The van der Waals surface area contributed by atoms with Gasteiger partial charge in [-0.15, -0.1) is 0 Å². The fourth-order valence-electron chi connectivity index (χ4n) is 3.50. The summed E-state index contributed by atoms with van der Waals surface area (Å²) in [6.45, 7) is 10.6. The average Bonchev–Trinajstić information content (AvgIpc) is 3.29. The zero-order valence-electron chi connectivity index (χ0n) is 13.9. The van der Waals surface area contributed by atoms with Crippen LogP contribution in [0.15, 0.2) is 24.3 Å². The van der Waals surface area contributed by atoms with Gasteiger partial charge in [-0.25, -0.2) is 0 Å². The summed E-state index contributed by atoms with van der Waals surface area (Å²) in [4.78, 5) is 2.60. The zero-order chi connectivity index (χ0) is 14.9. The maximum absolute atomic E-state index is 3.66. The molecule has 0 radical (unpaired) electrons. The first-order valence-corrected chi connectivity index (χ1v) is 8.60. The van der Waals surface area contributed by atoms with Gasteiger partial charge in [0.25, 0.3) is 0 Å². The molecule has 116 valence electrons. The van der Waals surface area contributed by atoms with E-state index in [4.69, 9.17) is 0 Å². The van der Waals surface area contributed by atoms with Crippen LogP contribution in [0.25, 0.3) is 0 Å². The Bertz CT molecular complexity index is 463. The Morgan fingerprint density at radius 2 is 1.71 bits per heavy atom. The Morgan fingerprint density at radius 1 is 1.05 bits per heavy atom. The Kier molecular flexibility index (Phi) is 4.26. The van der Waals surface area contributed by atoms with Gasteiger partial charge >= 0.3 is 0 Å². The molecule has 2 aliphatic rings. The second-order valence-corrected chi connectivity index (χ2v) is 7.91. The summed E-state index contributed by atoms with van der Waals surface area (Å²) < 4.78 is 0. The molecule has 0 aromatic heterocycles. The number of nitrogens with one attached hydrogen (secondary N) is 1. The van der Waals surface area contributed by atoms with Crippen LogP contribution in [0.2, 0.25) is 0 Å². The topological polar surface area (TPSA) is 15.3 Å². The van der Waals surface area contributed by atoms with Crippen LogP contribution >= 0.6 is 0 Å². The molecule has 2 nitrogen and oxygen atoms in total. The molecule has 2 fully saturated rings. The maximum atomic E-state index is 3.66. The molecule has 1 saturated carbocycles. The van der Waals surface area contributed by atoms with E-state index >= 15 is 0 Å². The summed E-state index contributed by atoms with van der Waals surface area (Å²) in [5, 5.41) is 3.66. The van der Waals surface area contributed by atoms with Gasteiger partial charge in [0.15, 0.2) is 0 Å². The van der Waals surface area contributed by atoms with E-state index in [1.807, 2.05) is 0 Å². The fraction of sp³-hybridized carbons (Fsp3) is 0.684. The van der Waals surface area contributed by atoms with Crippen LogP contribution in [-0.2, 0) is 6.54 Å². The number of nitrogens with zero attached hydrogens (tertiary/aromatic N) is 1. The van der Waals surface area contributed by atoms with E-state index in [1.165, 1.54) is 50.0 Å². The maximum Gasteiger partial charge on any atom is 0.0411 e. The van der Waals surface area contributed by atoms with Crippen molar-refractivity contribution in [2.45, 2.75) is 59.0 Å². The minimum Gasteiger partial charge on any atom is -0.371 e. The Balaban J connectivity index is 1.64. The molecule has 1 aliphatic heterocycles. The highest BCUT2D eigenvalue weighted by Crippen LogP contribution is 2.36. The predicted molar refractivity (Wildman–Crippen MR) is 90.7 cm³/mol. The predicted octanol–water partition coefficient (Wildman–Crippen LogP) is 4.20. The largest absolute Gasteiger partial charge is 0.371 e. The smallest absolute Gasteiger partial charge is 0.0411 e. The van der Waals surface area contributed by atoms with Crippen molar-refractivity contribution in [2.75, 3.05) is 18.0 Å². The lowest BCUT2D eigenvalue weighted by Crippen LogP contribution is -2.38. The molecular weight excluding hydrogens is 256 g/mol. The summed E-state index contributed by atoms with van der Waals surface area (Å²) in [7, 11) is 0. The molecule has 1 aromatic carbocycles. The quantitative estimate of drug-likeness (QED) is 0.892. The van der Waals surface area contributed by atoms with Crippen LogP contribution in [0.1, 0.15) is 52.0 Å². The average molecular weight is 286 g/mol. The van der Waals surface area contributed by atoms with E-state index in [0.717, 1.165) is 18.5 Å². The summed E-state index contributed by atoms with van der Waals surface area (Å²) in [6, 6.07) is 9.74. The number of para-hydroxylation sites is 1. The zero-order valence-corrected chi connectivity index (χ0v) is 13.9. The molecule has 0 amide bonds. The van der Waals surface area contributed by atoms with Crippen molar-refractivity contribution in [1.29, 1.82) is 0 Å². The van der Waals surface area contributed by atoms with Gasteiger partial charge in [-0.05, 0) is 48.6 Å². The van der Waals surface area contributed by atoms with Crippen LogP contribution in [0.4, 0.5) is 5.69 Å². The minimum absolute atomic E-state index is 0.457. The molecule has 2 heteroatoms. The molecule has 0 spiro atoms. The molecule has 1 heterocycles. The van der Waals surface area contributed by atoms with Crippen LogP contribution in [0.3, 0.4) is 0 Å². The van der Waals surface area contributed by atoms with Gasteiger partial charge in [-0.2, -0.15) is 0 Å². The summed E-state index contributed by atoms with van der Waals surface area (Å²) >= 11 is 0. The van der Waals surface area contributed by atoms with E-state index in [0.29, 0.717) is 5.41 Å². The number of rotatable bonds is 4. The molecule has 1 aromatic rings. The minimum atomic E-state index is 0.457. The number of piperidine rings is 1. The van der Waals surface area contributed by atoms with Crippen LogP contribution in [0.5, 0.6) is 0 Å². The number of anilines is 1. The SMILES string of the molecule is CC(C)(C)C1CCN(c2ccccc2CNC2CC2)CC1. The second-order valence-electron chi connectivity index (χ2n) is 7.91. The molecule has 1 saturated heterocycles. The van der Waals surface area contributed by atoms with Crippen LogP contribution < -0.4 is 10.2 Å². The van der Waals surface area contributed by atoms with Crippen molar-refractivity contribution >= 4 is 5.69 Å². The third kappa shape index (κ3) is 3.79. The van der Waals surface area contributed by atoms with Gasteiger partial charge in [-0.3, -0.25) is 0 Å². The molecule has 0 bridgehead atoms. The van der Waals surface area contributed by atoms with Crippen molar-refractivity contribution in [3.63, 3.8) is 0 Å². The van der Waals surface area contributed by atoms with E-state index in [1.54, 1.807) is 0 Å². The highest BCUT2D eigenvalue weighted by Gasteiger charge is 2.29. The lowest BCUT2D eigenvalue weighted by molar-refractivity contribution is 0.199. The summed E-state index contributed by atoms with van der Waals surface area (Å²) in [6.07, 6.45) is 5.38. The summed E-state index contributed by atoms with van der Waals surface area (Å²) in [5.41, 5.74) is 3.38. The molecule has 0 atom stereocenters. The van der Waals surface area contributed by atoms with E-state index in [9.17, 15) is 0 Å². The number of hydrogen-bond donors (Lipinski definition) is 1. The standard InChI is InChI=1S/C19H30N2/c1-19(2,3)16-10-12-21(13-11-16)18-7-5-4-6-15(18)14-20-17-8-9-17/h4-7,16-17,20H,8-14H2,1-3H3. The Morgan fingerprint density at radius 3 is 2.33 bits per heavy atom. The Labute approximate surface area is 129 Å². The third-order valence-corrected chi connectivity index (χ3v) is 5.21. The first-order chi connectivity index (χ1) is 10.0. The third-order valence-electron chi connectivity index (χ3n) is 5.21. The van der Waals surface area contributed by atoms with Gasteiger partial charge in [0.2, 0.25) is 0 Å².